The van der Waals surface area contributed by atoms with Crippen molar-refractivity contribution in [2.45, 2.75) is 39.2 Å². The van der Waals surface area contributed by atoms with Crippen molar-refractivity contribution in [2.75, 3.05) is 31.3 Å². The van der Waals surface area contributed by atoms with Crippen molar-refractivity contribution < 1.29 is 9.47 Å². The molecule has 2 rings (SSSR count). The van der Waals surface area contributed by atoms with Gasteiger partial charge in [0.05, 0.1) is 12.7 Å². The Morgan fingerprint density at radius 3 is 2.70 bits per heavy atom. The number of aromatic nitrogens is 2. The van der Waals surface area contributed by atoms with Gasteiger partial charge in [0.15, 0.2) is 0 Å². The third-order valence-corrected chi connectivity index (χ3v) is 3.59. The molecular weight excluding hydrogens is 256 g/mol. The van der Waals surface area contributed by atoms with E-state index in [1.54, 1.807) is 13.2 Å². The number of nitrogens with zero attached hydrogens (tertiary/aromatic N) is 2. The number of nitrogen functional groups attached to an aromatic ring is 1. The molecule has 20 heavy (non-hydrogen) atoms. The van der Waals surface area contributed by atoms with Gasteiger partial charge >= 0.3 is 0 Å². The van der Waals surface area contributed by atoms with Crippen LogP contribution in [0.3, 0.4) is 0 Å². The van der Waals surface area contributed by atoms with Gasteiger partial charge in [-0.15, -0.1) is 0 Å². The van der Waals surface area contributed by atoms with E-state index in [-0.39, 0.29) is 17.5 Å². The van der Waals surface area contributed by atoms with Crippen LogP contribution < -0.4 is 15.8 Å². The van der Waals surface area contributed by atoms with Gasteiger partial charge in [0, 0.05) is 25.1 Å². The van der Waals surface area contributed by atoms with Crippen LogP contribution in [0.25, 0.3) is 0 Å². The minimum atomic E-state index is 0.0589. The summed E-state index contributed by atoms with van der Waals surface area (Å²) < 4.78 is 10.9. The molecule has 1 aromatic heterocycles. The van der Waals surface area contributed by atoms with Crippen LogP contribution in [0.15, 0.2) is 6.07 Å². The quantitative estimate of drug-likeness (QED) is 0.795. The second-order valence-electron chi connectivity index (χ2n) is 5.76. The van der Waals surface area contributed by atoms with Crippen LogP contribution in [0.5, 0.6) is 5.88 Å². The van der Waals surface area contributed by atoms with E-state index in [9.17, 15) is 0 Å². The maximum atomic E-state index is 5.71. The van der Waals surface area contributed by atoms with Gasteiger partial charge in [-0.1, -0.05) is 6.42 Å². The van der Waals surface area contributed by atoms with E-state index in [0.29, 0.717) is 11.7 Å². The number of hydrogen-bond donors (Lipinski definition) is 2. The fraction of sp³-hybridized carbons (Fsp3) is 0.714. The summed E-state index contributed by atoms with van der Waals surface area (Å²) in [4.78, 5) is 8.27. The number of hydrogen-bond acceptors (Lipinski definition) is 6. The number of methoxy groups -OCH3 is 1. The maximum Gasteiger partial charge on any atom is 0.225 e. The topological polar surface area (TPSA) is 82.3 Å². The lowest BCUT2D eigenvalue weighted by atomic mass is 9.69. The zero-order valence-corrected chi connectivity index (χ0v) is 12.5. The average Bonchev–Trinajstić information content (AvgIpc) is 2.30. The Morgan fingerprint density at radius 1 is 1.40 bits per heavy atom. The van der Waals surface area contributed by atoms with Crippen LogP contribution in [0.1, 0.15) is 33.1 Å². The average molecular weight is 280 g/mol. The van der Waals surface area contributed by atoms with Crippen LogP contribution in [-0.2, 0) is 4.74 Å². The van der Waals surface area contributed by atoms with Crippen molar-refractivity contribution in [3.63, 3.8) is 0 Å². The van der Waals surface area contributed by atoms with Crippen molar-refractivity contribution in [1.29, 1.82) is 0 Å². The predicted octanol–water partition coefficient (Wildman–Crippen LogP) is 2.07. The van der Waals surface area contributed by atoms with Crippen molar-refractivity contribution in [1.82, 2.24) is 9.97 Å². The second-order valence-corrected chi connectivity index (χ2v) is 5.76. The first-order valence-corrected chi connectivity index (χ1v) is 7.07. The summed E-state index contributed by atoms with van der Waals surface area (Å²) in [5, 5.41) is 3.34. The SMILES string of the molecule is COCC1(CNc2cc(OC(C)C)nc(N)n2)CCC1. The van der Waals surface area contributed by atoms with Crippen molar-refractivity contribution in [3.05, 3.63) is 6.07 Å². The molecule has 6 nitrogen and oxygen atoms in total. The summed E-state index contributed by atoms with van der Waals surface area (Å²) in [6.45, 7) is 5.51. The van der Waals surface area contributed by atoms with E-state index in [1.165, 1.54) is 19.3 Å². The highest BCUT2D eigenvalue weighted by molar-refractivity contribution is 5.43. The molecule has 0 saturated heterocycles. The zero-order chi connectivity index (χ0) is 14.6. The molecule has 0 unspecified atom stereocenters. The molecule has 0 aromatic carbocycles. The van der Waals surface area contributed by atoms with E-state index in [2.05, 4.69) is 15.3 Å². The Kier molecular flexibility index (Phi) is 4.65. The highest BCUT2D eigenvalue weighted by Crippen LogP contribution is 2.41. The van der Waals surface area contributed by atoms with Gasteiger partial charge in [0.1, 0.15) is 5.82 Å². The fourth-order valence-corrected chi connectivity index (χ4v) is 2.47. The van der Waals surface area contributed by atoms with Gasteiger partial charge in [0.25, 0.3) is 0 Å². The monoisotopic (exact) mass is 280 g/mol. The van der Waals surface area contributed by atoms with Gasteiger partial charge in [-0.3, -0.25) is 0 Å². The third kappa shape index (κ3) is 3.72. The molecule has 0 bridgehead atoms. The van der Waals surface area contributed by atoms with Gasteiger partial charge < -0.3 is 20.5 Å². The van der Waals surface area contributed by atoms with E-state index in [0.717, 1.165) is 13.2 Å². The fourth-order valence-electron chi connectivity index (χ4n) is 2.47. The van der Waals surface area contributed by atoms with Crippen LogP contribution >= 0.6 is 0 Å². The number of nitrogens with one attached hydrogen (secondary N) is 1. The molecule has 6 heteroatoms. The molecule has 112 valence electrons. The summed E-state index contributed by atoms with van der Waals surface area (Å²) in [6, 6.07) is 1.79. The highest BCUT2D eigenvalue weighted by Gasteiger charge is 2.36. The van der Waals surface area contributed by atoms with E-state index in [4.69, 9.17) is 15.2 Å². The minimum absolute atomic E-state index is 0.0589. The van der Waals surface area contributed by atoms with Crippen molar-refractivity contribution >= 4 is 11.8 Å². The first-order valence-electron chi connectivity index (χ1n) is 7.07. The third-order valence-electron chi connectivity index (χ3n) is 3.59. The standard InChI is InChI=1S/C14H24N4O2/c1-10(2)20-12-7-11(17-13(15)18-12)16-8-14(9-19-3)5-4-6-14/h7,10H,4-6,8-9H2,1-3H3,(H3,15,16,17,18). The van der Waals surface area contributed by atoms with E-state index in [1.807, 2.05) is 13.8 Å². The van der Waals surface area contributed by atoms with Gasteiger partial charge in [-0.2, -0.15) is 9.97 Å². The van der Waals surface area contributed by atoms with Crippen molar-refractivity contribution in [2.24, 2.45) is 5.41 Å². The molecule has 3 N–H and O–H groups in total. The maximum absolute atomic E-state index is 5.71. The largest absolute Gasteiger partial charge is 0.475 e. The lowest BCUT2D eigenvalue weighted by molar-refractivity contribution is 0.0282. The predicted molar refractivity (Wildman–Crippen MR) is 78.9 cm³/mol. The molecule has 1 aliphatic rings. The van der Waals surface area contributed by atoms with Gasteiger partial charge in [0.2, 0.25) is 11.8 Å². The summed E-state index contributed by atoms with van der Waals surface area (Å²) in [5.41, 5.74) is 5.94. The normalized spacial score (nSPS) is 16.8. The Balaban J connectivity index is 2.00. The van der Waals surface area contributed by atoms with Crippen LogP contribution in [0.4, 0.5) is 11.8 Å². The van der Waals surface area contributed by atoms with Crippen molar-refractivity contribution in [3.8, 4) is 5.88 Å². The van der Waals surface area contributed by atoms with Crippen LogP contribution in [0.2, 0.25) is 0 Å². The Bertz CT molecular complexity index is 447. The first kappa shape index (κ1) is 14.8. The molecule has 0 atom stereocenters. The minimum Gasteiger partial charge on any atom is -0.475 e. The number of nitrogens with two attached hydrogens (primary N) is 1. The molecule has 0 spiro atoms. The zero-order valence-electron chi connectivity index (χ0n) is 12.5. The van der Waals surface area contributed by atoms with E-state index < -0.39 is 0 Å². The Labute approximate surface area is 120 Å². The molecular formula is C14H24N4O2. The molecule has 1 fully saturated rings. The Hall–Kier alpha value is -1.56. The lowest BCUT2D eigenvalue weighted by Crippen LogP contribution is -2.40. The van der Waals surface area contributed by atoms with E-state index >= 15 is 0 Å². The second kappa shape index (κ2) is 6.26. The molecule has 1 heterocycles. The van der Waals surface area contributed by atoms with Gasteiger partial charge in [-0.25, -0.2) is 0 Å². The molecule has 1 saturated carbocycles. The van der Waals surface area contributed by atoms with Crippen LogP contribution in [-0.4, -0.2) is 36.3 Å². The van der Waals surface area contributed by atoms with Crippen LogP contribution in [0, 0.1) is 5.41 Å². The van der Waals surface area contributed by atoms with Gasteiger partial charge in [-0.05, 0) is 26.7 Å². The Morgan fingerprint density at radius 2 is 2.15 bits per heavy atom. The molecule has 1 aromatic rings. The molecule has 1 aliphatic carbocycles. The summed E-state index contributed by atoms with van der Waals surface area (Å²) >= 11 is 0. The molecule has 0 amide bonds. The lowest BCUT2D eigenvalue weighted by Gasteiger charge is -2.41. The number of ether oxygens (including phenoxy) is 2. The smallest absolute Gasteiger partial charge is 0.225 e. The first-order chi connectivity index (χ1) is 9.53. The summed E-state index contributed by atoms with van der Waals surface area (Å²) in [5.74, 6) is 1.43. The number of rotatable bonds is 7. The summed E-state index contributed by atoms with van der Waals surface area (Å²) in [7, 11) is 1.75. The summed E-state index contributed by atoms with van der Waals surface area (Å²) in [6.07, 6.45) is 3.69. The highest BCUT2D eigenvalue weighted by atomic mass is 16.5. The number of anilines is 2. The molecule has 0 aliphatic heterocycles. The molecule has 0 radical (unpaired) electrons.